The highest BCUT2D eigenvalue weighted by Gasteiger charge is 2.14. The van der Waals surface area contributed by atoms with E-state index in [2.05, 4.69) is 37.3 Å². The van der Waals surface area contributed by atoms with Crippen LogP contribution in [0.25, 0.3) is 27.9 Å². The van der Waals surface area contributed by atoms with Gasteiger partial charge in [0, 0.05) is 34.2 Å². The molecule has 7 nitrogen and oxygen atoms in total. The van der Waals surface area contributed by atoms with Gasteiger partial charge >= 0.3 is 0 Å². The van der Waals surface area contributed by atoms with Crippen molar-refractivity contribution in [2.45, 2.75) is 13.3 Å². The van der Waals surface area contributed by atoms with Crippen LogP contribution in [0.2, 0.25) is 0 Å². The molecule has 1 aliphatic rings. The molecule has 0 saturated heterocycles. The van der Waals surface area contributed by atoms with Crippen molar-refractivity contribution in [3.8, 4) is 11.4 Å². The summed E-state index contributed by atoms with van der Waals surface area (Å²) < 4.78 is 12.9. The molecule has 0 unspecified atom stereocenters. The molecule has 160 valence electrons. The van der Waals surface area contributed by atoms with Crippen molar-refractivity contribution < 1.29 is 9.18 Å². The lowest BCUT2D eigenvalue weighted by Gasteiger charge is -2.09. The van der Waals surface area contributed by atoms with Crippen molar-refractivity contribution in [2.24, 2.45) is 0 Å². The second-order valence-electron chi connectivity index (χ2n) is 7.07. The number of fused-ring (bicyclic) bond motifs is 1. The molecule has 3 aromatic rings. The van der Waals surface area contributed by atoms with Gasteiger partial charge in [0.2, 0.25) is 0 Å². The Morgan fingerprint density at radius 2 is 2.16 bits per heavy atom. The predicted molar refractivity (Wildman–Crippen MR) is 123 cm³/mol. The van der Waals surface area contributed by atoms with Crippen molar-refractivity contribution >= 4 is 22.4 Å². The van der Waals surface area contributed by atoms with Crippen molar-refractivity contribution in [3.63, 3.8) is 0 Å². The van der Waals surface area contributed by atoms with Gasteiger partial charge in [-0.25, -0.2) is 9.37 Å². The third-order valence-electron chi connectivity index (χ3n) is 4.90. The summed E-state index contributed by atoms with van der Waals surface area (Å²) in [5.74, 6) is -0.278. The number of benzene rings is 1. The minimum atomic E-state index is -0.617. The molecule has 0 atom stereocenters. The van der Waals surface area contributed by atoms with Crippen LogP contribution in [0, 0.1) is 0 Å². The van der Waals surface area contributed by atoms with E-state index in [0.717, 1.165) is 33.8 Å². The lowest BCUT2D eigenvalue weighted by atomic mass is 10.0. The van der Waals surface area contributed by atoms with Crippen LogP contribution in [0.5, 0.6) is 0 Å². The van der Waals surface area contributed by atoms with Gasteiger partial charge in [-0.2, -0.15) is 10.2 Å². The minimum absolute atomic E-state index is 0.328. The van der Waals surface area contributed by atoms with Crippen LogP contribution in [-0.2, 0) is 4.79 Å². The van der Waals surface area contributed by atoms with Gasteiger partial charge in [-0.3, -0.25) is 15.0 Å². The van der Waals surface area contributed by atoms with Crippen LogP contribution in [0.15, 0.2) is 90.7 Å². The first-order valence-electron chi connectivity index (χ1n) is 9.97. The lowest BCUT2D eigenvalue weighted by Crippen LogP contribution is -2.23. The highest BCUT2D eigenvalue weighted by atomic mass is 19.1. The topological polar surface area (TPSA) is 99.3 Å². The highest BCUT2D eigenvalue weighted by molar-refractivity contribution is 5.98. The summed E-state index contributed by atoms with van der Waals surface area (Å²) in [6.07, 6.45) is 13.9. The molecule has 0 fully saturated rings. The fourth-order valence-electron chi connectivity index (χ4n) is 3.32. The summed E-state index contributed by atoms with van der Waals surface area (Å²) in [5.41, 5.74) is 4.39. The average Bonchev–Trinajstić information content (AvgIpc) is 3.40. The maximum atomic E-state index is 12.9. The lowest BCUT2D eigenvalue weighted by molar-refractivity contribution is -0.116. The van der Waals surface area contributed by atoms with Gasteiger partial charge in [0.05, 0.1) is 11.2 Å². The van der Waals surface area contributed by atoms with E-state index in [1.165, 1.54) is 12.4 Å². The van der Waals surface area contributed by atoms with Gasteiger partial charge in [0.15, 0.2) is 5.82 Å². The van der Waals surface area contributed by atoms with Gasteiger partial charge in [-0.15, -0.1) is 0 Å². The van der Waals surface area contributed by atoms with Crippen LogP contribution >= 0.6 is 0 Å². The monoisotopic (exact) mass is 428 g/mol. The molecule has 32 heavy (non-hydrogen) atoms. The number of rotatable bonds is 6. The fourth-order valence-corrected chi connectivity index (χ4v) is 3.32. The molecule has 8 heteroatoms. The molecule has 2 aromatic heterocycles. The van der Waals surface area contributed by atoms with Crippen molar-refractivity contribution in [1.29, 1.82) is 0 Å². The Bertz CT molecular complexity index is 1320. The first-order chi connectivity index (χ1) is 15.5. The number of H-pyrrole nitrogens is 2. The zero-order valence-corrected chi connectivity index (χ0v) is 17.4. The van der Waals surface area contributed by atoms with E-state index < -0.39 is 5.83 Å². The maximum absolute atomic E-state index is 12.9. The Hall–Kier alpha value is -4.33. The molecular formula is C24H21FN6O. The summed E-state index contributed by atoms with van der Waals surface area (Å²) in [5, 5.41) is 18.1. The number of hydrogen-bond donors (Lipinski definition) is 3. The second-order valence-corrected chi connectivity index (χ2v) is 7.07. The molecule has 0 spiro atoms. The number of hydrogen-bond acceptors (Lipinski definition) is 4. The van der Waals surface area contributed by atoms with Gasteiger partial charge < -0.3 is 5.32 Å². The predicted octanol–water partition coefficient (Wildman–Crippen LogP) is 4.68. The smallest absolute Gasteiger partial charge is 0.255 e. The maximum Gasteiger partial charge on any atom is 0.255 e. The van der Waals surface area contributed by atoms with Crippen LogP contribution in [0.1, 0.15) is 19.0 Å². The SMILES string of the molecule is C=C(F)/C=C\C(=CC)C(=O)NC1=CC(c2n[nH]c3ccc(-c4ncn[nH]4)cc23)=CC=CC1. The molecule has 0 aliphatic heterocycles. The van der Waals surface area contributed by atoms with E-state index in [1.54, 1.807) is 13.0 Å². The molecular weight excluding hydrogens is 407 g/mol. The van der Waals surface area contributed by atoms with Crippen molar-refractivity contribution in [2.75, 3.05) is 0 Å². The van der Waals surface area contributed by atoms with Crippen LogP contribution in [0.3, 0.4) is 0 Å². The Kier molecular flexibility index (Phi) is 6.03. The normalized spacial score (nSPS) is 14.4. The van der Waals surface area contributed by atoms with E-state index in [-0.39, 0.29) is 5.91 Å². The molecule has 0 saturated carbocycles. The minimum Gasteiger partial charge on any atom is -0.325 e. The molecule has 1 aliphatic carbocycles. The quantitative estimate of drug-likeness (QED) is 0.392. The summed E-state index contributed by atoms with van der Waals surface area (Å²) in [6, 6.07) is 5.86. The second kappa shape index (κ2) is 9.22. The third-order valence-corrected chi connectivity index (χ3v) is 4.90. The first-order valence-corrected chi connectivity index (χ1v) is 9.97. The highest BCUT2D eigenvalue weighted by Crippen LogP contribution is 2.29. The van der Waals surface area contributed by atoms with E-state index in [1.807, 2.05) is 42.5 Å². The van der Waals surface area contributed by atoms with E-state index >= 15 is 0 Å². The fraction of sp³-hybridized carbons (Fsp3) is 0.0833. The summed E-state index contributed by atoms with van der Waals surface area (Å²) >= 11 is 0. The summed E-state index contributed by atoms with van der Waals surface area (Å²) in [4.78, 5) is 16.9. The van der Waals surface area contributed by atoms with Crippen LogP contribution < -0.4 is 5.32 Å². The van der Waals surface area contributed by atoms with Gasteiger partial charge in [0.1, 0.15) is 12.2 Å². The van der Waals surface area contributed by atoms with Gasteiger partial charge in [-0.1, -0.05) is 30.9 Å². The molecule has 0 bridgehead atoms. The number of carbonyl (C=O) groups excluding carboxylic acids is 1. The zero-order chi connectivity index (χ0) is 22.5. The molecule has 1 amide bonds. The number of nitrogens with one attached hydrogen (secondary N) is 3. The molecule has 2 heterocycles. The third kappa shape index (κ3) is 4.54. The standard InChI is InChI=1S/C24H21FN6O/c1-3-16(9-8-15(2)25)24(32)28-19-7-5-4-6-17(12-19)22-20-13-18(23-26-14-27-31-23)10-11-21(20)29-30-22/h3-6,8-14H,2,7H2,1H3,(H,28,32)(H,29,30)(H,26,27,31)/b9-8-,16-3?. The number of carbonyl (C=O) groups is 1. The zero-order valence-electron chi connectivity index (χ0n) is 17.4. The number of nitrogens with zero attached hydrogens (tertiary/aromatic N) is 3. The molecule has 3 N–H and O–H groups in total. The number of aromatic nitrogens is 5. The van der Waals surface area contributed by atoms with Crippen molar-refractivity contribution in [3.05, 3.63) is 96.4 Å². The van der Waals surface area contributed by atoms with Crippen molar-refractivity contribution in [1.82, 2.24) is 30.7 Å². The molecule has 1 aromatic carbocycles. The Morgan fingerprint density at radius 3 is 2.91 bits per heavy atom. The number of aromatic amines is 2. The number of halogens is 1. The van der Waals surface area contributed by atoms with E-state index in [0.29, 0.717) is 23.5 Å². The van der Waals surface area contributed by atoms with Crippen LogP contribution in [0.4, 0.5) is 4.39 Å². The molecule has 0 radical (unpaired) electrons. The van der Waals surface area contributed by atoms with Crippen LogP contribution in [-0.4, -0.2) is 31.3 Å². The molecule has 4 rings (SSSR count). The average molecular weight is 428 g/mol. The van der Waals surface area contributed by atoms with E-state index in [4.69, 9.17) is 0 Å². The Labute approximate surface area is 183 Å². The largest absolute Gasteiger partial charge is 0.325 e. The number of amides is 1. The number of allylic oxidation sites excluding steroid dienone is 8. The Balaban J connectivity index is 1.64. The van der Waals surface area contributed by atoms with E-state index in [9.17, 15) is 9.18 Å². The first kappa shape index (κ1) is 20.9. The van der Waals surface area contributed by atoms with Gasteiger partial charge in [-0.05, 0) is 43.4 Å². The summed E-state index contributed by atoms with van der Waals surface area (Å²) in [6.45, 7) is 4.89. The Morgan fingerprint density at radius 1 is 1.28 bits per heavy atom. The van der Waals surface area contributed by atoms with Gasteiger partial charge in [0.25, 0.3) is 5.91 Å². The summed E-state index contributed by atoms with van der Waals surface area (Å²) in [7, 11) is 0.